The number of nitro benzene ring substituents is 1. The van der Waals surface area contributed by atoms with Crippen LogP contribution in [0.2, 0.25) is 0 Å². The number of aryl methyl sites for hydroxylation is 1. The molecule has 0 radical (unpaired) electrons. The van der Waals surface area contributed by atoms with Gasteiger partial charge in [-0.25, -0.2) is 8.42 Å². The van der Waals surface area contributed by atoms with E-state index in [1.807, 2.05) is 43.5 Å². The van der Waals surface area contributed by atoms with Gasteiger partial charge in [-0.3, -0.25) is 14.3 Å². The predicted octanol–water partition coefficient (Wildman–Crippen LogP) is 2.84. The number of aromatic nitrogens is 1. The van der Waals surface area contributed by atoms with Crippen molar-refractivity contribution in [3.8, 4) is 0 Å². The number of para-hydroxylation sites is 1. The van der Waals surface area contributed by atoms with E-state index in [0.29, 0.717) is 0 Å². The van der Waals surface area contributed by atoms with Crippen LogP contribution in [0, 0.1) is 10.1 Å². The maximum Gasteiger partial charge on any atom is 0.270 e. The van der Waals surface area contributed by atoms with Crippen molar-refractivity contribution < 1.29 is 26.6 Å². The van der Waals surface area contributed by atoms with Gasteiger partial charge >= 0.3 is 0 Å². The number of benzene rings is 2. The molecule has 0 spiro atoms. The van der Waals surface area contributed by atoms with Crippen LogP contribution in [0.15, 0.2) is 60.7 Å². The Balaban J connectivity index is 0.000000409. The van der Waals surface area contributed by atoms with E-state index >= 15 is 0 Å². The molecule has 0 saturated heterocycles. The van der Waals surface area contributed by atoms with Gasteiger partial charge in [0.1, 0.15) is 7.05 Å². The highest BCUT2D eigenvalue weighted by Gasteiger charge is 2.08. The molecule has 2 aromatic carbocycles. The smallest absolute Gasteiger partial charge is 0.270 e. The molecule has 0 amide bonds. The lowest BCUT2D eigenvalue weighted by molar-refractivity contribution is -0.646. The minimum Gasteiger partial charge on any atom is -0.726 e. The highest BCUT2D eigenvalue weighted by atomic mass is 32.3. The number of hydrogen-bond acceptors (Lipinski definition) is 6. The van der Waals surface area contributed by atoms with Gasteiger partial charge in [0.15, 0.2) is 0 Å². The number of nitrogens with zero attached hydrogens (tertiary/aromatic N) is 2. The van der Waals surface area contributed by atoms with Crippen LogP contribution in [0.3, 0.4) is 0 Å². The van der Waals surface area contributed by atoms with Crippen molar-refractivity contribution in [3.05, 3.63) is 82.0 Å². The van der Waals surface area contributed by atoms with Gasteiger partial charge < -0.3 is 4.55 Å². The molecule has 1 heterocycles. The molecule has 3 aromatic rings. The molecule has 146 valence electrons. The Morgan fingerprint density at radius 1 is 1.04 bits per heavy atom. The summed E-state index contributed by atoms with van der Waals surface area (Å²) in [5.41, 5.74) is 3.08. The van der Waals surface area contributed by atoms with Crippen LogP contribution < -0.4 is 4.57 Å². The Morgan fingerprint density at radius 2 is 1.71 bits per heavy atom. The topological polar surface area (TPSA) is 113 Å². The first-order valence-electron chi connectivity index (χ1n) is 8.03. The van der Waals surface area contributed by atoms with Crippen molar-refractivity contribution >= 4 is 39.1 Å². The Bertz CT molecular complexity index is 1130. The molecule has 0 saturated carbocycles. The van der Waals surface area contributed by atoms with Crippen LogP contribution in [0.5, 0.6) is 0 Å². The maximum absolute atomic E-state index is 10.8. The number of hydrogen-bond donors (Lipinski definition) is 0. The second-order valence-electron chi connectivity index (χ2n) is 5.64. The normalized spacial score (nSPS) is 11.2. The third-order valence-electron chi connectivity index (χ3n) is 3.85. The van der Waals surface area contributed by atoms with E-state index < -0.39 is 10.4 Å². The van der Waals surface area contributed by atoms with E-state index in [4.69, 9.17) is 0 Å². The number of non-ortho nitro benzene ring substituents is 1. The SMILES string of the molecule is COS(=O)(=O)[O-].C[n+]1c(C=Cc2cccc([N+](=O)[O-])c2)ccc2ccccc21. The van der Waals surface area contributed by atoms with Crippen molar-refractivity contribution in [3.63, 3.8) is 0 Å². The molecule has 0 bridgehead atoms. The summed E-state index contributed by atoms with van der Waals surface area (Å²) >= 11 is 0. The van der Waals surface area contributed by atoms with Crippen molar-refractivity contribution in [1.82, 2.24) is 0 Å². The first kappa shape index (κ1) is 21.2. The van der Waals surface area contributed by atoms with Gasteiger partial charge in [-0.05, 0) is 23.8 Å². The minimum atomic E-state index is -4.41. The number of rotatable bonds is 4. The molecule has 0 aliphatic heterocycles. The van der Waals surface area contributed by atoms with Gasteiger partial charge in [-0.15, -0.1) is 0 Å². The van der Waals surface area contributed by atoms with Gasteiger partial charge in [0.05, 0.1) is 12.0 Å². The molecule has 0 fully saturated rings. The van der Waals surface area contributed by atoms with Crippen molar-refractivity contribution in [1.29, 1.82) is 0 Å². The Labute approximate surface area is 162 Å². The monoisotopic (exact) mass is 402 g/mol. The summed E-state index contributed by atoms with van der Waals surface area (Å²) in [7, 11) is -1.59. The largest absolute Gasteiger partial charge is 0.726 e. The van der Waals surface area contributed by atoms with Crippen molar-refractivity contribution in [2.45, 2.75) is 0 Å². The van der Waals surface area contributed by atoms with E-state index in [9.17, 15) is 23.1 Å². The summed E-state index contributed by atoms with van der Waals surface area (Å²) < 4.78 is 33.1. The summed E-state index contributed by atoms with van der Waals surface area (Å²) in [5.74, 6) is 0. The highest BCUT2D eigenvalue weighted by molar-refractivity contribution is 7.80. The third kappa shape index (κ3) is 5.95. The second kappa shape index (κ2) is 9.18. The summed E-state index contributed by atoms with van der Waals surface area (Å²) in [6.07, 6.45) is 3.85. The fraction of sp³-hybridized carbons (Fsp3) is 0.105. The van der Waals surface area contributed by atoms with Gasteiger partial charge in [-0.1, -0.05) is 24.3 Å². The quantitative estimate of drug-likeness (QED) is 0.218. The number of pyridine rings is 1. The van der Waals surface area contributed by atoms with Gasteiger partial charge in [-0.2, -0.15) is 4.57 Å². The van der Waals surface area contributed by atoms with Crippen LogP contribution >= 0.6 is 0 Å². The molecular weight excluding hydrogens is 384 g/mol. The standard InChI is InChI=1S/C18H15N2O2.CH4O4S/c1-19-16(12-10-15-6-2-3-8-18(15)19)11-9-14-5-4-7-17(13-14)20(21)22;1-5-6(2,3)4/h2-13H,1H3;1H3,(H,2,3,4)/q+1;/p-1. The lowest BCUT2D eigenvalue weighted by Gasteiger charge is -2.00. The van der Waals surface area contributed by atoms with Crippen molar-refractivity contribution in [2.75, 3.05) is 7.11 Å². The van der Waals surface area contributed by atoms with Gasteiger partial charge in [0.25, 0.3) is 5.69 Å². The molecule has 3 rings (SSSR count). The lowest BCUT2D eigenvalue weighted by atomic mass is 10.1. The average molecular weight is 402 g/mol. The van der Waals surface area contributed by atoms with E-state index in [2.05, 4.69) is 26.9 Å². The highest BCUT2D eigenvalue weighted by Crippen LogP contribution is 2.16. The first-order chi connectivity index (χ1) is 13.2. The van der Waals surface area contributed by atoms with E-state index in [1.54, 1.807) is 12.1 Å². The molecule has 0 atom stereocenters. The van der Waals surface area contributed by atoms with Crippen molar-refractivity contribution in [2.24, 2.45) is 7.05 Å². The van der Waals surface area contributed by atoms with Crippen LogP contribution in [-0.2, 0) is 21.6 Å². The molecule has 8 nitrogen and oxygen atoms in total. The van der Waals surface area contributed by atoms with E-state index in [-0.39, 0.29) is 10.6 Å². The fourth-order valence-electron chi connectivity index (χ4n) is 2.45. The number of fused-ring (bicyclic) bond motifs is 1. The molecule has 0 unspecified atom stereocenters. The second-order valence-corrected chi connectivity index (χ2v) is 6.79. The van der Waals surface area contributed by atoms with Gasteiger partial charge in [0, 0.05) is 35.7 Å². The Kier molecular flexibility index (Phi) is 6.94. The molecule has 0 aliphatic carbocycles. The minimum absolute atomic E-state index is 0.102. The van der Waals surface area contributed by atoms with Gasteiger partial charge in [0.2, 0.25) is 21.6 Å². The number of nitro groups is 1. The van der Waals surface area contributed by atoms with Crippen LogP contribution in [0.1, 0.15) is 11.3 Å². The lowest BCUT2D eigenvalue weighted by Crippen LogP contribution is -2.32. The molecule has 0 aliphatic rings. The maximum atomic E-state index is 10.8. The summed E-state index contributed by atoms with van der Waals surface area (Å²) in [6, 6.07) is 18.9. The van der Waals surface area contributed by atoms with Crippen LogP contribution in [0.4, 0.5) is 5.69 Å². The fourth-order valence-corrected chi connectivity index (χ4v) is 2.45. The summed E-state index contributed by atoms with van der Waals surface area (Å²) in [4.78, 5) is 10.4. The molecular formula is C19H18N2O6S. The van der Waals surface area contributed by atoms with Crippen LogP contribution in [0.25, 0.3) is 23.1 Å². The summed E-state index contributed by atoms with van der Waals surface area (Å²) in [6.45, 7) is 0. The first-order valence-corrected chi connectivity index (χ1v) is 9.36. The van der Waals surface area contributed by atoms with E-state index in [0.717, 1.165) is 23.9 Å². The molecule has 28 heavy (non-hydrogen) atoms. The molecule has 0 N–H and O–H groups in total. The Morgan fingerprint density at radius 3 is 2.36 bits per heavy atom. The van der Waals surface area contributed by atoms with E-state index in [1.165, 1.54) is 11.5 Å². The van der Waals surface area contributed by atoms with Crippen LogP contribution in [-0.4, -0.2) is 25.0 Å². The third-order valence-corrected chi connectivity index (χ3v) is 4.26. The summed E-state index contributed by atoms with van der Waals surface area (Å²) in [5, 5.41) is 12.0. The zero-order valence-corrected chi connectivity index (χ0v) is 16.0. The zero-order chi connectivity index (χ0) is 20.7. The zero-order valence-electron chi connectivity index (χ0n) is 15.2. The molecule has 1 aromatic heterocycles. The average Bonchev–Trinajstić information content (AvgIpc) is 2.68. The molecule has 9 heteroatoms. The Hall–Kier alpha value is -3.14. The predicted molar refractivity (Wildman–Crippen MR) is 104 cm³/mol.